The molecule has 1 aliphatic rings. The van der Waals surface area contributed by atoms with Crippen LogP contribution in [0.1, 0.15) is 39.2 Å². The van der Waals surface area contributed by atoms with Crippen molar-refractivity contribution in [1.82, 2.24) is 0 Å². The molecule has 2 nitrogen and oxygen atoms in total. The molecule has 20 heavy (non-hydrogen) atoms. The molecule has 112 valence electrons. The second kappa shape index (κ2) is 6.82. The van der Waals surface area contributed by atoms with E-state index in [1.54, 1.807) is 0 Å². The van der Waals surface area contributed by atoms with Crippen molar-refractivity contribution in [1.29, 1.82) is 0 Å². The Labute approximate surface area is 128 Å². The minimum absolute atomic E-state index is 0.218. The fourth-order valence-electron chi connectivity index (χ4n) is 3.04. The topological polar surface area (TPSA) is 29.3 Å². The summed E-state index contributed by atoms with van der Waals surface area (Å²) < 4.78 is 0. The third kappa shape index (κ3) is 3.48. The van der Waals surface area contributed by atoms with Crippen LogP contribution < -0.4 is 10.6 Å². The number of hydrogen-bond acceptors (Lipinski definition) is 2. The molecule has 1 saturated heterocycles. The van der Waals surface area contributed by atoms with Crippen molar-refractivity contribution in [2.24, 2.45) is 17.6 Å². The molecule has 0 bridgehead atoms. The summed E-state index contributed by atoms with van der Waals surface area (Å²) >= 11 is 6.48. The van der Waals surface area contributed by atoms with Gasteiger partial charge in [0.1, 0.15) is 0 Å². The SMILES string of the molecule is CCC(N)Cc1cccc(Cl)c1N1CCC(C(C)C)C1. The van der Waals surface area contributed by atoms with Gasteiger partial charge >= 0.3 is 0 Å². The standard InChI is InChI=1S/C17H27ClN2/c1-4-15(19)10-13-6-5-7-16(18)17(13)20-9-8-14(11-20)12(2)3/h5-7,12,14-15H,4,8-11,19H2,1-3H3. The molecule has 1 aromatic rings. The van der Waals surface area contributed by atoms with Gasteiger partial charge in [-0.15, -0.1) is 0 Å². The van der Waals surface area contributed by atoms with E-state index in [9.17, 15) is 0 Å². The molecule has 2 rings (SSSR count). The first-order valence-corrected chi connectivity index (χ1v) is 8.18. The number of para-hydroxylation sites is 1. The molecular weight excluding hydrogens is 268 g/mol. The van der Waals surface area contributed by atoms with E-state index in [2.05, 4.69) is 31.7 Å². The van der Waals surface area contributed by atoms with Crippen LogP contribution in [0.5, 0.6) is 0 Å². The number of benzene rings is 1. The van der Waals surface area contributed by atoms with E-state index in [0.717, 1.165) is 42.8 Å². The minimum atomic E-state index is 0.218. The smallest absolute Gasteiger partial charge is 0.0642 e. The van der Waals surface area contributed by atoms with Crippen molar-refractivity contribution in [2.75, 3.05) is 18.0 Å². The highest BCUT2D eigenvalue weighted by Gasteiger charge is 2.27. The number of anilines is 1. The summed E-state index contributed by atoms with van der Waals surface area (Å²) in [6.07, 6.45) is 3.18. The van der Waals surface area contributed by atoms with E-state index in [0.29, 0.717) is 0 Å². The van der Waals surface area contributed by atoms with E-state index in [1.165, 1.54) is 17.7 Å². The van der Waals surface area contributed by atoms with Crippen molar-refractivity contribution in [3.8, 4) is 0 Å². The van der Waals surface area contributed by atoms with Gasteiger partial charge in [0.2, 0.25) is 0 Å². The Morgan fingerprint density at radius 3 is 2.75 bits per heavy atom. The Kier molecular flexibility index (Phi) is 5.34. The van der Waals surface area contributed by atoms with Gasteiger partial charge in [-0.3, -0.25) is 0 Å². The Morgan fingerprint density at radius 2 is 2.15 bits per heavy atom. The number of halogens is 1. The van der Waals surface area contributed by atoms with Crippen molar-refractivity contribution >= 4 is 17.3 Å². The number of rotatable bonds is 5. The molecule has 2 unspecified atom stereocenters. The highest BCUT2D eigenvalue weighted by molar-refractivity contribution is 6.33. The maximum absolute atomic E-state index is 6.48. The van der Waals surface area contributed by atoms with Crippen molar-refractivity contribution in [3.05, 3.63) is 28.8 Å². The molecule has 0 aromatic heterocycles. The lowest BCUT2D eigenvalue weighted by molar-refractivity contribution is 0.422. The summed E-state index contributed by atoms with van der Waals surface area (Å²) in [6, 6.07) is 6.44. The summed E-state index contributed by atoms with van der Waals surface area (Å²) in [5.41, 5.74) is 8.66. The molecule has 0 spiro atoms. The maximum atomic E-state index is 6.48. The molecule has 1 aromatic carbocycles. The van der Waals surface area contributed by atoms with Gasteiger partial charge in [-0.2, -0.15) is 0 Å². The minimum Gasteiger partial charge on any atom is -0.370 e. The second-order valence-corrected chi connectivity index (χ2v) is 6.77. The zero-order chi connectivity index (χ0) is 14.7. The van der Waals surface area contributed by atoms with Crippen LogP contribution in [0, 0.1) is 11.8 Å². The van der Waals surface area contributed by atoms with E-state index in [4.69, 9.17) is 17.3 Å². The molecule has 1 heterocycles. The summed E-state index contributed by atoms with van der Waals surface area (Å²) in [4.78, 5) is 2.46. The first kappa shape index (κ1) is 15.7. The molecule has 0 amide bonds. The third-order valence-corrected chi connectivity index (χ3v) is 4.87. The van der Waals surface area contributed by atoms with E-state index >= 15 is 0 Å². The Balaban J connectivity index is 2.22. The second-order valence-electron chi connectivity index (χ2n) is 6.36. The highest BCUT2D eigenvalue weighted by atomic mass is 35.5. The fraction of sp³-hybridized carbons (Fsp3) is 0.647. The van der Waals surface area contributed by atoms with Gasteiger partial charge in [0.15, 0.2) is 0 Å². The van der Waals surface area contributed by atoms with Gasteiger partial charge in [-0.05, 0) is 42.7 Å². The van der Waals surface area contributed by atoms with Gasteiger partial charge in [-0.1, -0.05) is 44.5 Å². The summed E-state index contributed by atoms with van der Waals surface area (Å²) in [5.74, 6) is 1.52. The fourth-order valence-corrected chi connectivity index (χ4v) is 3.35. The summed E-state index contributed by atoms with van der Waals surface area (Å²) in [7, 11) is 0. The Bertz CT molecular complexity index is 445. The highest BCUT2D eigenvalue weighted by Crippen LogP contribution is 2.36. The van der Waals surface area contributed by atoms with E-state index in [-0.39, 0.29) is 6.04 Å². The zero-order valence-electron chi connectivity index (χ0n) is 12.9. The van der Waals surface area contributed by atoms with Crippen LogP contribution >= 0.6 is 11.6 Å². The average Bonchev–Trinajstić information content (AvgIpc) is 2.88. The molecule has 2 atom stereocenters. The lowest BCUT2D eigenvalue weighted by Gasteiger charge is -2.25. The quantitative estimate of drug-likeness (QED) is 0.886. The zero-order valence-corrected chi connectivity index (χ0v) is 13.7. The molecule has 3 heteroatoms. The Hall–Kier alpha value is -0.730. The number of nitrogens with two attached hydrogens (primary N) is 1. The van der Waals surface area contributed by atoms with Crippen LogP contribution in [0.3, 0.4) is 0 Å². The summed E-state index contributed by atoms with van der Waals surface area (Å²) in [5, 5.41) is 0.871. The predicted octanol–water partition coefficient (Wildman–Crippen LogP) is 4.10. The van der Waals surface area contributed by atoms with Gasteiger partial charge in [0.25, 0.3) is 0 Å². The molecule has 1 fully saturated rings. The van der Waals surface area contributed by atoms with Crippen molar-refractivity contribution in [3.63, 3.8) is 0 Å². The monoisotopic (exact) mass is 294 g/mol. The first-order chi connectivity index (χ1) is 9.52. The van der Waals surface area contributed by atoms with Crippen LogP contribution in [-0.2, 0) is 6.42 Å². The summed E-state index contributed by atoms with van der Waals surface area (Å²) in [6.45, 7) is 9.00. The van der Waals surface area contributed by atoms with Crippen LogP contribution in [0.4, 0.5) is 5.69 Å². The van der Waals surface area contributed by atoms with Gasteiger partial charge in [0.05, 0.1) is 10.7 Å². The van der Waals surface area contributed by atoms with Crippen LogP contribution in [0.25, 0.3) is 0 Å². The first-order valence-electron chi connectivity index (χ1n) is 7.80. The normalized spacial score (nSPS) is 20.7. The van der Waals surface area contributed by atoms with Gasteiger partial charge in [0, 0.05) is 19.1 Å². The largest absolute Gasteiger partial charge is 0.370 e. The average molecular weight is 295 g/mol. The predicted molar refractivity (Wildman–Crippen MR) is 88.6 cm³/mol. The molecule has 0 radical (unpaired) electrons. The van der Waals surface area contributed by atoms with Crippen LogP contribution in [-0.4, -0.2) is 19.1 Å². The van der Waals surface area contributed by atoms with Crippen LogP contribution in [0.15, 0.2) is 18.2 Å². The maximum Gasteiger partial charge on any atom is 0.0642 e. The van der Waals surface area contributed by atoms with E-state index in [1.807, 2.05) is 12.1 Å². The van der Waals surface area contributed by atoms with Crippen molar-refractivity contribution < 1.29 is 0 Å². The molecular formula is C17H27ClN2. The lowest BCUT2D eigenvalue weighted by Crippen LogP contribution is -2.26. The van der Waals surface area contributed by atoms with Crippen molar-refractivity contribution in [2.45, 2.75) is 46.1 Å². The lowest BCUT2D eigenvalue weighted by atomic mass is 9.95. The van der Waals surface area contributed by atoms with Crippen LogP contribution in [0.2, 0.25) is 5.02 Å². The van der Waals surface area contributed by atoms with Gasteiger partial charge < -0.3 is 10.6 Å². The molecule has 1 aliphatic heterocycles. The Morgan fingerprint density at radius 1 is 1.40 bits per heavy atom. The molecule has 0 aliphatic carbocycles. The van der Waals surface area contributed by atoms with Gasteiger partial charge in [-0.25, -0.2) is 0 Å². The molecule has 2 N–H and O–H groups in total. The molecule has 0 saturated carbocycles. The number of nitrogens with zero attached hydrogens (tertiary/aromatic N) is 1. The number of hydrogen-bond donors (Lipinski definition) is 1. The van der Waals surface area contributed by atoms with E-state index < -0.39 is 0 Å². The third-order valence-electron chi connectivity index (χ3n) is 4.56.